The van der Waals surface area contributed by atoms with Crippen molar-refractivity contribution in [2.45, 2.75) is 31.7 Å². The van der Waals surface area contributed by atoms with Crippen LogP contribution in [0.3, 0.4) is 0 Å². The summed E-state index contributed by atoms with van der Waals surface area (Å²) in [6.45, 7) is 4.24. The summed E-state index contributed by atoms with van der Waals surface area (Å²) in [5, 5.41) is 3.42. The number of hydrogen-bond acceptors (Lipinski definition) is 6. The van der Waals surface area contributed by atoms with Crippen LogP contribution in [0.5, 0.6) is 11.5 Å². The average molecular weight is 402 g/mol. The fourth-order valence-electron chi connectivity index (χ4n) is 3.59. The summed E-state index contributed by atoms with van der Waals surface area (Å²) in [6, 6.07) is 5.66. The summed E-state index contributed by atoms with van der Waals surface area (Å²) in [5.41, 5.74) is 2.23. The van der Waals surface area contributed by atoms with Crippen LogP contribution in [0.15, 0.2) is 23.6 Å². The molecule has 0 bridgehead atoms. The Morgan fingerprint density at radius 2 is 1.89 bits per heavy atom. The lowest BCUT2D eigenvalue weighted by Crippen LogP contribution is -2.48. The highest BCUT2D eigenvalue weighted by atomic mass is 32.1. The molecule has 7 heteroatoms. The van der Waals surface area contributed by atoms with E-state index in [9.17, 15) is 4.79 Å². The molecule has 2 fully saturated rings. The smallest absolute Gasteiger partial charge is 0.227 e. The molecule has 28 heavy (non-hydrogen) atoms. The standard InChI is InChI=1S/C21H27N3O3S/c1-26-18-6-3-15(11-19(18)27-2)12-21(25)24-9-7-23(8-10-24)13-20-22-17(14-28-20)16-4-5-16/h3,6,11,14,16H,4-5,7-10,12-13H2,1-2H3. The van der Waals surface area contributed by atoms with Gasteiger partial charge in [-0.25, -0.2) is 4.98 Å². The molecule has 1 saturated heterocycles. The molecule has 0 unspecified atom stereocenters. The highest BCUT2D eigenvalue weighted by Gasteiger charge is 2.27. The number of hydrogen-bond donors (Lipinski definition) is 0. The topological polar surface area (TPSA) is 54.9 Å². The maximum absolute atomic E-state index is 12.7. The van der Waals surface area contributed by atoms with Gasteiger partial charge in [-0.15, -0.1) is 11.3 Å². The van der Waals surface area contributed by atoms with E-state index in [1.165, 1.54) is 23.5 Å². The highest BCUT2D eigenvalue weighted by molar-refractivity contribution is 7.09. The fourth-order valence-corrected chi connectivity index (χ4v) is 4.51. The number of piperazine rings is 1. The predicted octanol–water partition coefficient (Wildman–Crippen LogP) is 2.92. The molecule has 4 rings (SSSR count). The molecule has 1 aromatic carbocycles. The Kier molecular flexibility index (Phi) is 5.82. The third kappa shape index (κ3) is 4.47. The molecule has 2 aliphatic rings. The van der Waals surface area contributed by atoms with Crippen LogP contribution >= 0.6 is 11.3 Å². The lowest BCUT2D eigenvalue weighted by Gasteiger charge is -2.34. The van der Waals surface area contributed by atoms with Gasteiger partial charge in [0, 0.05) is 37.5 Å². The summed E-state index contributed by atoms with van der Waals surface area (Å²) >= 11 is 1.77. The molecule has 2 heterocycles. The van der Waals surface area contributed by atoms with Crippen LogP contribution in [0.4, 0.5) is 0 Å². The van der Waals surface area contributed by atoms with E-state index in [-0.39, 0.29) is 5.91 Å². The van der Waals surface area contributed by atoms with Gasteiger partial charge in [0.15, 0.2) is 11.5 Å². The van der Waals surface area contributed by atoms with Gasteiger partial charge in [-0.2, -0.15) is 0 Å². The minimum absolute atomic E-state index is 0.164. The summed E-state index contributed by atoms with van der Waals surface area (Å²) in [4.78, 5) is 21.8. The van der Waals surface area contributed by atoms with Crippen molar-refractivity contribution in [3.8, 4) is 11.5 Å². The zero-order valence-corrected chi connectivity index (χ0v) is 17.3. The Morgan fingerprint density at radius 3 is 2.57 bits per heavy atom. The molecule has 1 aromatic heterocycles. The van der Waals surface area contributed by atoms with Gasteiger partial charge in [-0.05, 0) is 30.5 Å². The van der Waals surface area contributed by atoms with Crippen molar-refractivity contribution in [1.82, 2.24) is 14.8 Å². The molecular formula is C21H27N3O3S. The van der Waals surface area contributed by atoms with Crippen LogP contribution in [0.1, 0.15) is 35.0 Å². The molecule has 1 aliphatic heterocycles. The first-order valence-electron chi connectivity index (χ1n) is 9.81. The molecule has 2 aromatic rings. The van der Waals surface area contributed by atoms with Crippen molar-refractivity contribution in [2.75, 3.05) is 40.4 Å². The van der Waals surface area contributed by atoms with Gasteiger partial charge in [-0.1, -0.05) is 6.07 Å². The largest absolute Gasteiger partial charge is 0.493 e. The molecular weight excluding hydrogens is 374 g/mol. The number of ether oxygens (including phenoxy) is 2. The highest BCUT2D eigenvalue weighted by Crippen LogP contribution is 2.40. The zero-order chi connectivity index (χ0) is 19.5. The van der Waals surface area contributed by atoms with Crippen molar-refractivity contribution in [1.29, 1.82) is 0 Å². The number of methoxy groups -OCH3 is 2. The first-order valence-corrected chi connectivity index (χ1v) is 10.7. The van der Waals surface area contributed by atoms with E-state index >= 15 is 0 Å². The maximum Gasteiger partial charge on any atom is 0.227 e. The predicted molar refractivity (Wildman–Crippen MR) is 109 cm³/mol. The van der Waals surface area contributed by atoms with Crippen LogP contribution in [-0.2, 0) is 17.8 Å². The Morgan fingerprint density at radius 1 is 1.14 bits per heavy atom. The first-order chi connectivity index (χ1) is 13.7. The van der Waals surface area contributed by atoms with Gasteiger partial charge < -0.3 is 14.4 Å². The third-order valence-corrected chi connectivity index (χ3v) is 6.30. The van der Waals surface area contributed by atoms with Crippen LogP contribution in [0, 0.1) is 0 Å². The van der Waals surface area contributed by atoms with Crippen LogP contribution < -0.4 is 9.47 Å². The average Bonchev–Trinajstić information content (AvgIpc) is 3.47. The molecule has 0 spiro atoms. The van der Waals surface area contributed by atoms with Crippen LogP contribution in [-0.4, -0.2) is 61.1 Å². The molecule has 1 amide bonds. The first kappa shape index (κ1) is 19.2. The van der Waals surface area contributed by atoms with Gasteiger partial charge in [0.05, 0.1) is 32.9 Å². The van der Waals surface area contributed by atoms with Gasteiger partial charge in [0.2, 0.25) is 5.91 Å². The lowest BCUT2D eigenvalue weighted by atomic mass is 10.1. The minimum atomic E-state index is 0.164. The van der Waals surface area contributed by atoms with Crippen molar-refractivity contribution >= 4 is 17.2 Å². The monoisotopic (exact) mass is 401 g/mol. The minimum Gasteiger partial charge on any atom is -0.493 e. The van der Waals surface area contributed by atoms with Crippen molar-refractivity contribution in [3.05, 3.63) is 39.8 Å². The Balaban J connectivity index is 1.27. The van der Waals surface area contributed by atoms with Crippen molar-refractivity contribution in [2.24, 2.45) is 0 Å². The normalized spacial score (nSPS) is 17.6. The number of carbonyl (C=O) groups excluding carboxylic acids is 1. The fraction of sp³-hybridized carbons (Fsp3) is 0.524. The molecule has 1 aliphatic carbocycles. The van der Waals surface area contributed by atoms with Crippen molar-refractivity contribution < 1.29 is 14.3 Å². The second-order valence-corrected chi connectivity index (χ2v) is 8.41. The van der Waals surface area contributed by atoms with Gasteiger partial charge in [0.1, 0.15) is 5.01 Å². The molecule has 0 radical (unpaired) electrons. The van der Waals surface area contributed by atoms with E-state index < -0.39 is 0 Å². The zero-order valence-electron chi connectivity index (χ0n) is 16.5. The van der Waals surface area contributed by atoms with Crippen LogP contribution in [0.25, 0.3) is 0 Å². The van der Waals surface area contributed by atoms with E-state index in [1.54, 1.807) is 25.6 Å². The molecule has 6 nitrogen and oxygen atoms in total. The number of aromatic nitrogens is 1. The molecule has 0 atom stereocenters. The number of nitrogens with zero attached hydrogens (tertiary/aromatic N) is 3. The Labute approximate surface area is 170 Å². The number of benzene rings is 1. The number of thiazole rings is 1. The Hall–Kier alpha value is -2.12. The molecule has 150 valence electrons. The van der Waals surface area contributed by atoms with E-state index in [2.05, 4.69) is 10.3 Å². The maximum atomic E-state index is 12.7. The molecule has 0 N–H and O–H groups in total. The van der Waals surface area contributed by atoms with Gasteiger partial charge in [-0.3, -0.25) is 9.69 Å². The second-order valence-electron chi connectivity index (χ2n) is 7.46. The number of carbonyl (C=O) groups is 1. The van der Waals surface area contributed by atoms with E-state index in [4.69, 9.17) is 14.5 Å². The quantitative estimate of drug-likeness (QED) is 0.714. The summed E-state index contributed by atoms with van der Waals surface area (Å²) in [5.74, 6) is 2.22. The van der Waals surface area contributed by atoms with Crippen molar-refractivity contribution in [3.63, 3.8) is 0 Å². The number of amides is 1. The van der Waals surface area contributed by atoms with Gasteiger partial charge >= 0.3 is 0 Å². The molecule has 1 saturated carbocycles. The SMILES string of the molecule is COc1ccc(CC(=O)N2CCN(Cc3nc(C4CC4)cs3)CC2)cc1OC. The van der Waals surface area contributed by atoms with E-state index in [0.29, 0.717) is 17.9 Å². The van der Waals surface area contributed by atoms with E-state index in [0.717, 1.165) is 44.2 Å². The third-order valence-electron chi connectivity index (χ3n) is 5.45. The number of rotatable bonds is 7. The summed E-state index contributed by atoms with van der Waals surface area (Å²) in [7, 11) is 3.22. The van der Waals surface area contributed by atoms with Crippen LogP contribution in [0.2, 0.25) is 0 Å². The Bertz CT molecular complexity index is 826. The van der Waals surface area contributed by atoms with E-state index in [1.807, 2.05) is 23.1 Å². The lowest BCUT2D eigenvalue weighted by molar-refractivity contribution is -0.132. The summed E-state index contributed by atoms with van der Waals surface area (Å²) < 4.78 is 10.6. The second kappa shape index (κ2) is 8.49. The van der Waals surface area contributed by atoms with Gasteiger partial charge in [0.25, 0.3) is 0 Å². The summed E-state index contributed by atoms with van der Waals surface area (Å²) in [6.07, 6.45) is 2.98.